The Morgan fingerprint density at radius 1 is 1.39 bits per heavy atom. The number of nitrogen functional groups attached to an aromatic ring is 1. The van der Waals surface area contributed by atoms with Gasteiger partial charge in [0.05, 0.1) is 9.35 Å². The van der Waals surface area contributed by atoms with E-state index in [0.717, 1.165) is 8.66 Å². The predicted molar refractivity (Wildman–Crippen MR) is 77.0 cm³/mol. The average molecular weight is 347 g/mol. The third-order valence-corrected chi connectivity index (χ3v) is 4.04. The van der Waals surface area contributed by atoms with Gasteiger partial charge in [0.2, 0.25) is 0 Å². The number of anilines is 1. The third-order valence-electron chi connectivity index (χ3n) is 2.21. The van der Waals surface area contributed by atoms with Gasteiger partial charge in [-0.25, -0.2) is 4.79 Å². The summed E-state index contributed by atoms with van der Waals surface area (Å²) in [5.41, 5.74) is 6.35. The monoisotopic (exact) mass is 345 g/mol. The number of ether oxygens (including phenoxy) is 1. The molecule has 3 nitrogen and oxygen atoms in total. The Labute approximate surface area is 122 Å². The second-order valence-electron chi connectivity index (χ2n) is 3.51. The van der Waals surface area contributed by atoms with E-state index in [1.54, 1.807) is 12.1 Å². The van der Waals surface area contributed by atoms with Crippen molar-refractivity contribution in [1.29, 1.82) is 0 Å². The fourth-order valence-electron chi connectivity index (χ4n) is 1.35. The maximum absolute atomic E-state index is 11.8. The molecule has 2 aromatic rings. The summed E-state index contributed by atoms with van der Waals surface area (Å²) in [7, 11) is 0. The quantitative estimate of drug-likeness (QED) is 0.672. The molecule has 18 heavy (non-hydrogen) atoms. The molecule has 0 amide bonds. The molecule has 6 heteroatoms. The fourth-order valence-corrected chi connectivity index (χ4v) is 2.92. The van der Waals surface area contributed by atoms with E-state index in [9.17, 15) is 4.79 Å². The van der Waals surface area contributed by atoms with Crippen LogP contribution in [0.1, 0.15) is 15.2 Å². The van der Waals surface area contributed by atoms with Crippen LogP contribution in [0.15, 0.2) is 34.1 Å². The Hall–Kier alpha value is -1.04. The van der Waals surface area contributed by atoms with Gasteiger partial charge in [0, 0.05) is 15.6 Å². The third kappa shape index (κ3) is 3.25. The van der Waals surface area contributed by atoms with E-state index < -0.39 is 5.97 Å². The predicted octanol–water partition coefficient (Wildman–Crippen LogP) is 4.10. The number of nitrogens with two attached hydrogens (primary N) is 1. The lowest BCUT2D eigenvalue weighted by Crippen LogP contribution is -2.07. The van der Waals surface area contributed by atoms with Gasteiger partial charge in [-0.15, -0.1) is 11.3 Å². The van der Waals surface area contributed by atoms with Crippen molar-refractivity contribution in [1.82, 2.24) is 0 Å². The van der Waals surface area contributed by atoms with Gasteiger partial charge in [-0.3, -0.25) is 0 Å². The molecule has 1 aromatic carbocycles. The molecule has 0 aliphatic rings. The van der Waals surface area contributed by atoms with Crippen molar-refractivity contribution < 1.29 is 9.53 Å². The highest BCUT2D eigenvalue weighted by molar-refractivity contribution is 9.11. The van der Waals surface area contributed by atoms with E-state index in [1.807, 2.05) is 12.1 Å². The number of hydrogen-bond acceptors (Lipinski definition) is 4. The molecular weight excluding hydrogens is 338 g/mol. The van der Waals surface area contributed by atoms with E-state index in [1.165, 1.54) is 17.4 Å². The molecule has 0 atom stereocenters. The highest BCUT2D eigenvalue weighted by atomic mass is 79.9. The summed E-state index contributed by atoms with van der Waals surface area (Å²) < 4.78 is 6.17. The van der Waals surface area contributed by atoms with Crippen molar-refractivity contribution in [3.63, 3.8) is 0 Å². The Morgan fingerprint density at radius 2 is 2.17 bits per heavy atom. The van der Waals surface area contributed by atoms with Crippen molar-refractivity contribution in [3.8, 4) is 0 Å². The lowest BCUT2D eigenvalue weighted by molar-refractivity contribution is 0.0478. The van der Waals surface area contributed by atoms with E-state index in [2.05, 4.69) is 15.9 Å². The van der Waals surface area contributed by atoms with Crippen LogP contribution in [0.3, 0.4) is 0 Å². The van der Waals surface area contributed by atoms with Gasteiger partial charge in [-0.05, 0) is 46.3 Å². The first-order valence-electron chi connectivity index (χ1n) is 5.02. The van der Waals surface area contributed by atoms with E-state index in [-0.39, 0.29) is 12.2 Å². The fraction of sp³-hybridized carbons (Fsp3) is 0.0833. The van der Waals surface area contributed by atoms with Crippen molar-refractivity contribution in [2.45, 2.75) is 6.61 Å². The molecule has 94 valence electrons. The number of hydrogen-bond donors (Lipinski definition) is 1. The maximum atomic E-state index is 11.8. The molecule has 0 spiro atoms. The van der Waals surface area contributed by atoms with Gasteiger partial charge in [-0.2, -0.15) is 0 Å². The van der Waals surface area contributed by atoms with Gasteiger partial charge in [0.15, 0.2) is 0 Å². The Balaban J connectivity index is 2.05. The molecule has 0 unspecified atom stereocenters. The number of carbonyl (C=O) groups is 1. The first-order valence-corrected chi connectivity index (χ1v) is 7.01. The lowest BCUT2D eigenvalue weighted by Gasteiger charge is -2.06. The van der Waals surface area contributed by atoms with E-state index in [0.29, 0.717) is 10.7 Å². The standard InChI is InChI=1S/C12H9BrClNO2S/c13-11-4-2-8(18-11)6-17-12(16)9-5-7(14)1-3-10(9)15/h1-5H,6,15H2. The molecule has 0 saturated carbocycles. The van der Waals surface area contributed by atoms with Crippen LogP contribution in [0.2, 0.25) is 5.02 Å². The highest BCUT2D eigenvalue weighted by Gasteiger charge is 2.12. The van der Waals surface area contributed by atoms with Crippen molar-refractivity contribution in [2.24, 2.45) is 0 Å². The van der Waals surface area contributed by atoms with Crippen molar-refractivity contribution in [3.05, 3.63) is 49.6 Å². The van der Waals surface area contributed by atoms with Crippen LogP contribution in [0.4, 0.5) is 5.69 Å². The molecule has 1 heterocycles. The van der Waals surface area contributed by atoms with Gasteiger partial charge in [0.25, 0.3) is 0 Å². The summed E-state index contributed by atoms with van der Waals surface area (Å²) >= 11 is 10.7. The number of benzene rings is 1. The summed E-state index contributed by atoms with van der Waals surface area (Å²) in [4.78, 5) is 12.8. The number of halogens is 2. The molecule has 0 fully saturated rings. The van der Waals surface area contributed by atoms with E-state index in [4.69, 9.17) is 22.1 Å². The summed E-state index contributed by atoms with van der Waals surface area (Å²) in [6.45, 7) is 0.223. The first kappa shape index (κ1) is 13.4. The first-order chi connectivity index (χ1) is 8.56. The van der Waals surface area contributed by atoms with Crippen LogP contribution < -0.4 is 5.73 Å². The Bertz CT molecular complexity index is 585. The van der Waals surface area contributed by atoms with Crippen LogP contribution in [0.5, 0.6) is 0 Å². The summed E-state index contributed by atoms with van der Waals surface area (Å²) in [6.07, 6.45) is 0. The second kappa shape index (κ2) is 5.73. The van der Waals surface area contributed by atoms with Gasteiger partial charge < -0.3 is 10.5 Å². The summed E-state index contributed by atoms with van der Waals surface area (Å²) in [6, 6.07) is 8.51. The minimum absolute atomic E-state index is 0.223. The number of esters is 1. The lowest BCUT2D eigenvalue weighted by atomic mass is 10.2. The minimum atomic E-state index is -0.473. The van der Waals surface area contributed by atoms with Crippen LogP contribution >= 0.6 is 38.9 Å². The van der Waals surface area contributed by atoms with Crippen LogP contribution in [-0.4, -0.2) is 5.97 Å². The summed E-state index contributed by atoms with van der Waals surface area (Å²) in [5.74, 6) is -0.473. The smallest absolute Gasteiger partial charge is 0.340 e. The highest BCUT2D eigenvalue weighted by Crippen LogP contribution is 2.24. The van der Waals surface area contributed by atoms with Gasteiger partial charge >= 0.3 is 5.97 Å². The van der Waals surface area contributed by atoms with Crippen LogP contribution in [0, 0.1) is 0 Å². The zero-order valence-corrected chi connectivity index (χ0v) is 12.3. The topological polar surface area (TPSA) is 52.3 Å². The normalized spacial score (nSPS) is 10.3. The van der Waals surface area contributed by atoms with Crippen molar-refractivity contribution in [2.75, 3.05) is 5.73 Å². The number of rotatable bonds is 3. The molecule has 0 bridgehead atoms. The minimum Gasteiger partial charge on any atom is -0.456 e. The van der Waals surface area contributed by atoms with Crippen LogP contribution in [-0.2, 0) is 11.3 Å². The van der Waals surface area contributed by atoms with E-state index >= 15 is 0 Å². The molecule has 2 rings (SSSR count). The largest absolute Gasteiger partial charge is 0.456 e. The Kier molecular flexibility index (Phi) is 4.27. The Morgan fingerprint density at radius 3 is 2.83 bits per heavy atom. The maximum Gasteiger partial charge on any atom is 0.340 e. The zero-order valence-electron chi connectivity index (χ0n) is 9.15. The molecule has 0 aliphatic heterocycles. The number of carbonyl (C=O) groups excluding carboxylic acids is 1. The summed E-state index contributed by atoms with van der Waals surface area (Å²) in [5, 5.41) is 0.454. The van der Waals surface area contributed by atoms with Crippen molar-refractivity contribution >= 4 is 50.5 Å². The molecule has 2 N–H and O–H groups in total. The van der Waals surface area contributed by atoms with Gasteiger partial charge in [-0.1, -0.05) is 11.6 Å². The average Bonchev–Trinajstić information content (AvgIpc) is 2.75. The van der Waals surface area contributed by atoms with Crippen LogP contribution in [0.25, 0.3) is 0 Å². The molecular formula is C12H9BrClNO2S. The molecule has 0 saturated heterocycles. The second-order valence-corrected chi connectivity index (χ2v) is 6.50. The molecule has 0 radical (unpaired) electrons. The molecule has 1 aromatic heterocycles. The van der Waals surface area contributed by atoms with Gasteiger partial charge in [0.1, 0.15) is 6.61 Å². The molecule has 0 aliphatic carbocycles. The SMILES string of the molecule is Nc1ccc(Cl)cc1C(=O)OCc1ccc(Br)s1. The zero-order chi connectivity index (χ0) is 13.1. The number of thiophene rings is 1.